The Labute approximate surface area is 88.3 Å². The Morgan fingerprint density at radius 1 is 1.43 bits per heavy atom. The Hall–Kier alpha value is -0.420. The van der Waals surface area contributed by atoms with E-state index in [-0.39, 0.29) is 11.2 Å². The Morgan fingerprint density at radius 2 is 1.93 bits per heavy atom. The van der Waals surface area contributed by atoms with Crippen LogP contribution in [0.1, 0.15) is 20.3 Å². The molecule has 0 aromatic carbocycles. The number of hydrogen-bond acceptors (Lipinski definition) is 3. The van der Waals surface area contributed by atoms with Crippen molar-refractivity contribution in [3.63, 3.8) is 0 Å². The molecule has 0 bridgehead atoms. The van der Waals surface area contributed by atoms with E-state index < -0.39 is 16.0 Å². The van der Waals surface area contributed by atoms with E-state index in [0.29, 0.717) is 13.0 Å². The van der Waals surface area contributed by atoms with Gasteiger partial charge in [-0.05, 0) is 19.9 Å². The van der Waals surface area contributed by atoms with Gasteiger partial charge in [-0.3, -0.25) is 9.00 Å². The van der Waals surface area contributed by atoms with E-state index in [0.717, 1.165) is 0 Å². The van der Waals surface area contributed by atoms with Crippen molar-refractivity contribution in [2.24, 2.45) is 5.73 Å². The maximum Gasteiger partial charge on any atom is 0.237 e. The number of amides is 1. The van der Waals surface area contributed by atoms with Crippen LogP contribution in [0.15, 0.2) is 0 Å². The second-order valence-corrected chi connectivity index (χ2v) is 5.76. The van der Waals surface area contributed by atoms with Gasteiger partial charge >= 0.3 is 0 Å². The molecule has 3 atom stereocenters. The van der Waals surface area contributed by atoms with Crippen molar-refractivity contribution in [3.05, 3.63) is 0 Å². The first-order valence-corrected chi connectivity index (χ1v) is 6.00. The van der Waals surface area contributed by atoms with Crippen LogP contribution in [0.25, 0.3) is 0 Å². The number of rotatable bonds is 5. The zero-order chi connectivity index (χ0) is 11.3. The predicted molar refractivity (Wildman–Crippen MR) is 59.4 cm³/mol. The number of hydrogen-bond donors (Lipinski definition) is 1. The SMILES string of the molecule is CC(CCN)S(=O)C(C)C(=O)N(C)C. The number of nitrogens with zero attached hydrogens (tertiary/aromatic N) is 1. The fourth-order valence-corrected chi connectivity index (χ4v) is 2.64. The summed E-state index contributed by atoms with van der Waals surface area (Å²) in [6.07, 6.45) is 0.692. The number of carbonyl (C=O) groups is 1. The molecule has 0 aromatic heterocycles. The van der Waals surface area contributed by atoms with E-state index >= 15 is 0 Å². The number of carbonyl (C=O) groups excluding carboxylic acids is 1. The first-order chi connectivity index (χ1) is 6.41. The summed E-state index contributed by atoms with van der Waals surface area (Å²) < 4.78 is 11.8. The molecule has 4 nitrogen and oxygen atoms in total. The lowest BCUT2D eigenvalue weighted by Crippen LogP contribution is -2.37. The normalized spacial score (nSPS) is 17.2. The Kier molecular flexibility index (Phi) is 5.95. The van der Waals surface area contributed by atoms with Crippen LogP contribution in [0.2, 0.25) is 0 Å². The van der Waals surface area contributed by atoms with Crippen LogP contribution in [0.3, 0.4) is 0 Å². The van der Waals surface area contributed by atoms with Crippen molar-refractivity contribution in [1.29, 1.82) is 0 Å². The van der Waals surface area contributed by atoms with Crippen molar-refractivity contribution >= 4 is 16.7 Å². The van der Waals surface area contributed by atoms with Gasteiger partial charge in [0.2, 0.25) is 5.91 Å². The van der Waals surface area contributed by atoms with Crippen LogP contribution in [0, 0.1) is 0 Å². The molecule has 0 radical (unpaired) electrons. The minimum absolute atomic E-state index is 0.0149. The van der Waals surface area contributed by atoms with Crippen LogP contribution in [0.4, 0.5) is 0 Å². The van der Waals surface area contributed by atoms with Gasteiger partial charge in [0.05, 0.1) is 0 Å². The van der Waals surface area contributed by atoms with Crippen molar-refractivity contribution < 1.29 is 9.00 Å². The molecule has 0 heterocycles. The summed E-state index contributed by atoms with van der Waals surface area (Å²) in [5.41, 5.74) is 5.37. The van der Waals surface area contributed by atoms with E-state index in [1.54, 1.807) is 21.0 Å². The molecule has 84 valence electrons. The van der Waals surface area contributed by atoms with Crippen LogP contribution in [-0.2, 0) is 15.6 Å². The lowest BCUT2D eigenvalue weighted by molar-refractivity contribution is -0.127. The van der Waals surface area contributed by atoms with Gasteiger partial charge in [0.15, 0.2) is 0 Å². The molecule has 3 unspecified atom stereocenters. The van der Waals surface area contributed by atoms with Crippen LogP contribution < -0.4 is 5.73 Å². The highest BCUT2D eigenvalue weighted by Crippen LogP contribution is 2.08. The van der Waals surface area contributed by atoms with Crippen molar-refractivity contribution in [3.8, 4) is 0 Å². The zero-order valence-corrected chi connectivity index (χ0v) is 10.1. The van der Waals surface area contributed by atoms with Gasteiger partial charge in [0.1, 0.15) is 5.25 Å². The molecule has 0 fully saturated rings. The third kappa shape index (κ3) is 3.75. The molecule has 0 aliphatic rings. The Balaban J connectivity index is 4.31. The van der Waals surface area contributed by atoms with Crippen LogP contribution in [-0.4, -0.2) is 46.2 Å². The molecule has 5 heteroatoms. The van der Waals surface area contributed by atoms with Gasteiger partial charge in [0, 0.05) is 30.1 Å². The maximum atomic E-state index is 11.8. The molecule has 0 saturated carbocycles. The summed E-state index contributed by atoms with van der Waals surface area (Å²) in [5.74, 6) is -0.0906. The highest BCUT2D eigenvalue weighted by atomic mass is 32.2. The van der Waals surface area contributed by atoms with Gasteiger partial charge in [-0.25, -0.2) is 0 Å². The smallest absolute Gasteiger partial charge is 0.237 e. The lowest BCUT2D eigenvalue weighted by Gasteiger charge is -2.19. The topological polar surface area (TPSA) is 63.4 Å². The number of nitrogens with two attached hydrogens (primary N) is 1. The summed E-state index contributed by atoms with van der Waals surface area (Å²) in [7, 11) is 2.21. The highest BCUT2D eigenvalue weighted by molar-refractivity contribution is 7.87. The third-order valence-electron chi connectivity index (χ3n) is 2.11. The van der Waals surface area contributed by atoms with Crippen molar-refractivity contribution in [2.75, 3.05) is 20.6 Å². The third-order valence-corrected chi connectivity index (χ3v) is 4.03. The molecular weight excluding hydrogens is 200 g/mol. The van der Waals surface area contributed by atoms with Gasteiger partial charge in [-0.15, -0.1) is 0 Å². The summed E-state index contributed by atoms with van der Waals surface area (Å²) in [6, 6.07) is 0. The molecule has 0 rings (SSSR count). The van der Waals surface area contributed by atoms with E-state index in [9.17, 15) is 9.00 Å². The largest absolute Gasteiger partial charge is 0.348 e. The van der Waals surface area contributed by atoms with Gasteiger partial charge in [-0.1, -0.05) is 6.92 Å². The van der Waals surface area contributed by atoms with E-state index in [4.69, 9.17) is 5.73 Å². The van der Waals surface area contributed by atoms with Crippen molar-refractivity contribution in [2.45, 2.75) is 30.8 Å². The van der Waals surface area contributed by atoms with E-state index in [1.165, 1.54) is 4.90 Å². The van der Waals surface area contributed by atoms with Crippen molar-refractivity contribution in [1.82, 2.24) is 4.90 Å². The molecule has 14 heavy (non-hydrogen) atoms. The monoisotopic (exact) mass is 220 g/mol. The molecule has 0 aliphatic carbocycles. The molecule has 1 amide bonds. The zero-order valence-electron chi connectivity index (χ0n) is 9.32. The first kappa shape index (κ1) is 13.6. The Morgan fingerprint density at radius 3 is 2.29 bits per heavy atom. The van der Waals surface area contributed by atoms with E-state index in [2.05, 4.69) is 0 Å². The molecular formula is C9H20N2O2S. The quantitative estimate of drug-likeness (QED) is 0.706. The second kappa shape index (κ2) is 6.14. The van der Waals surface area contributed by atoms with Gasteiger partial charge in [-0.2, -0.15) is 0 Å². The highest BCUT2D eigenvalue weighted by Gasteiger charge is 2.25. The molecule has 0 saturated heterocycles. The molecule has 0 aliphatic heterocycles. The first-order valence-electron chi connectivity index (χ1n) is 4.72. The average Bonchev–Trinajstić information content (AvgIpc) is 2.14. The fourth-order valence-electron chi connectivity index (χ4n) is 1.16. The molecule has 2 N–H and O–H groups in total. The standard InChI is InChI=1S/C9H20N2O2S/c1-7(5-6-10)14(13)8(2)9(12)11(3)4/h7-8H,5-6,10H2,1-4H3. The molecule has 0 spiro atoms. The van der Waals surface area contributed by atoms with Crippen LogP contribution >= 0.6 is 0 Å². The lowest BCUT2D eigenvalue weighted by atomic mass is 10.3. The summed E-state index contributed by atoms with van der Waals surface area (Å²) in [5, 5.41) is -0.453. The minimum atomic E-state index is -1.13. The summed E-state index contributed by atoms with van der Waals surface area (Å²) >= 11 is 0. The van der Waals surface area contributed by atoms with E-state index in [1.807, 2.05) is 6.92 Å². The fraction of sp³-hybridized carbons (Fsp3) is 0.889. The van der Waals surface area contributed by atoms with Crippen LogP contribution in [0.5, 0.6) is 0 Å². The Bertz CT molecular complexity index is 219. The predicted octanol–water partition coefficient (Wildman–Crippen LogP) is -0.0509. The minimum Gasteiger partial charge on any atom is -0.348 e. The maximum absolute atomic E-state index is 11.8. The second-order valence-electron chi connectivity index (χ2n) is 3.59. The molecule has 0 aromatic rings. The van der Waals surface area contributed by atoms with Gasteiger partial charge < -0.3 is 10.6 Å². The summed E-state index contributed by atoms with van der Waals surface area (Å²) in [6.45, 7) is 4.07. The average molecular weight is 220 g/mol. The summed E-state index contributed by atoms with van der Waals surface area (Å²) in [4.78, 5) is 13.0. The van der Waals surface area contributed by atoms with Gasteiger partial charge in [0.25, 0.3) is 0 Å².